The maximum Gasteiger partial charge on any atom is 0.249 e. The molecular formula is C6H9NO2. The third-order valence-corrected chi connectivity index (χ3v) is 1.61. The van der Waals surface area contributed by atoms with Crippen LogP contribution in [-0.4, -0.2) is 17.2 Å². The van der Waals surface area contributed by atoms with Gasteiger partial charge in [-0.15, -0.1) is 0 Å². The van der Waals surface area contributed by atoms with E-state index in [1.165, 1.54) is 0 Å². The van der Waals surface area contributed by atoms with Crippen molar-refractivity contribution in [2.45, 2.75) is 20.1 Å². The van der Waals surface area contributed by atoms with E-state index in [-0.39, 0.29) is 5.91 Å². The SMILES string of the molecule is CC1=C(C)C(O)NC1=O. The van der Waals surface area contributed by atoms with Crippen molar-refractivity contribution in [2.75, 3.05) is 0 Å². The molecule has 0 fully saturated rings. The summed E-state index contributed by atoms with van der Waals surface area (Å²) in [5.41, 5.74) is 1.35. The van der Waals surface area contributed by atoms with Gasteiger partial charge >= 0.3 is 0 Å². The number of carbonyl (C=O) groups excluding carboxylic acids is 1. The summed E-state index contributed by atoms with van der Waals surface area (Å²) < 4.78 is 0. The van der Waals surface area contributed by atoms with Crippen LogP contribution in [0.15, 0.2) is 11.1 Å². The average molecular weight is 127 g/mol. The lowest BCUT2D eigenvalue weighted by Crippen LogP contribution is -2.27. The van der Waals surface area contributed by atoms with E-state index in [4.69, 9.17) is 5.11 Å². The molecular weight excluding hydrogens is 118 g/mol. The van der Waals surface area contributed by atoms with Gasteiger partial charge in [-0.25, -0.2) is 0 Å². The summed E-state index contributed by atoms with van der Waals surface area (Å²) in [5, 5.41) is 11.3. The summed E-state index contributed by atoms with van der Waals surface area (Å²) in [7, 11) is 0. The molecule has 0 aromatic rings. The fourth-order valence-corrected chi connectivity index (χ4v) is 0.725. The molecule has 0 saturated carbocycles. The van der Waals surface area contributed by atoms with Gasteiger partial charge in [0.1, 0.15) is 6.23 Å². The smallest absolute Gasteiger partial charge is 0.249 e. The van der Waals surface area contributed by atoms with Crippen LogP contribution in [-0.2, 0) is 4.79 Å². The van der Waals surface area contributed by atoms with Gasteiger partial charge in [0.05, 0.1) is 0 Å². The van der Waals surface area contributed by atoms with Crippen molar-refractivity contribution in [3.05, 3.63) is 11.1 Å². The first-order valence-electron chi connectivity index (χ1n) is 2.79. The number of aliphatic hydroxyl groups is 1. The molecule has 50 valence electrons. The van der Waals surface area contributed by atoms with Crippen molar-refractivity contribution in [2.24, 2.45) is 0 Å². The predicted molar refractivity (Wildman–Crippen MR) is 32.5 cm³/mol. The molecule has 1 rings (SSSR count). The molecule has 1 aliphatic heterocycles. The monoisotopic (exact) mass is 127 g/mol. The Morgan fingerprint density at radius 3 is 2.22 bits per heavy atom. The van der Waals surface area contributed by atoms with Crippen LogP contribution in [0.25, 0.3) is 0 Å². The molecule has 1 amide bonds. The van der Waals surface area contributed by atoms with Crippen LogP contribution in [0.2, 0.25) is 0 Å². The van der Waals surface area contributed by atoms with Gasteiger partial charge < -0.3 is 10.4 Å². The number of carbonyl (C=O) groups is 1. The maximum atomic E-state index is 10.7. The molecule has 0 aromatic heterocycles. The zero-order valence-electron chi connectivity index (χ0n) is 5.43. The number of rotatable bonds is 0. The highest BCUT2D eigenvalue weighted by Gasteiger charge is 2.22. The quantitative estimate of drug-likeness (QED) is 0.472. The van der Waals surface area contributed by atoms with Gasteiger partial charge in [0, 0.05) is 5.57 Å². The number of aliphatic hydroxyl groups excluding tert-OH is 1. The number of hydrogen-bond donors (Lipinski definition) is 2. The Hall–Kier alpha value is -0.830. The Bertz CT molecular complexity index is 183. The van der Waals surface area contributed by atoms with Gasteiger partial charge in [0.25, 0.3) is 0 Å². The second-order valence-corrected chi connectivity index (χ2v) is 2.18. The van der Waals surface area contributed by atoms with Gasteiger partial charge in [-0.05, 0) is 19.4 Å². The maximum absolute atomic E-state index is 10.7. The van der Waals surface area contributed by atoms with Gasteiger partial charge in [-0.1, -0.05) is 0 Å². The molecule has 9 heavy (non-hydrogen) atoms. The summed E-state index contributed by atoms with van der Waals surface area (Å²) in [6.07, 6.45) is -0.752. The Morgan fingerprint density at radius 2 is 2.11 bits per heavy atom. The summed E-state index contributed by atoms with van der Waals surface area (Å²) >= 11 is 0. The fourth-order valence-electron chi connectivity index (χ4n) is 0.725. The number of hydrogen-bond acceptors (Lipinski definition) is 2. The second kappa shape index (κ2) is 1.84. The van der Waals surface area contributed by atoms with Gasteiger partial charge in [0.2, 0.25) is 5.91 Å². The molecule has 1 unspecified atom stereocenters. The minimum atomic E-state index is -0.752. The van der Waals surface area contributed by atoms with Crippen molar-refractivity contribution >= 4 is 5.91 Å². The molecule has 0 aromatic carbocycles. The third kappa shape index (κ3) is 0.833. The van der Waals surface area contributed by atoms with E-state index in [1.807, 2.05) is 0 Å². The minimum absolute atomic E-state index is 0.167. The van der Waals surface area contributed by atoms with E-state index >= 15 is 0 Å². The molecule has 0 bridgehead atoms. The Kier molecular flexibility index (Phi) is 1.29. The number of nitrogens with one attached hydrogen (secondary N) is 1. The topological polar surface area (TPSA) is 49.3 Å². The molecule has 1 atom stereocenters. The summed E-state index contributed by atoms with van der Waals surface area (Å²) in [5.74, 6) is -0.167. The zero-order valence-corrected chi connectivity index (χ0v) is 5.43. The van der Waals surface area contributed by atoms with Crippen molar-refractivity contribution in [3.63, 3.8) is 0 Å². The van der Waals surface area contributed by atoms with E-state index in [1.54, 1.807) is 13.8 Å². The largest absolute Gasteiger partial charge is 0.370 e. The summed E-state index contributed by atoms with van der Waals surface area (Å²) in [6, 6.07) is 0. The first-order chi connectivity index (χ1) is 4.13. The Balaban J connectivity index is 2.92. The summed E-state index contributed by atoms with van der Waals surface area (Å²) in [6.45, 7) is 3.43. The zero-order chi connectivity index (χ0) is 7.02. The Labute approximate surface area is 53.4 Å². The van der Waals surface area contributed by atoms with Crippen LogP contribution in [0.3, 0.4) is 0 Å². The molecule has 3 nitrogen and oxygen atoms in total. The van der Waals surface area contributed by atoms with Gasteiger partial charge in [0.15, 0.2) is 0 Å². The van der Waals surface area contributed by atoms with E-state index in [0.717, 1.165) is 5.57 Å². The molecule has 1 aliphatic rings. The average Bonchev–Trinajstić information content (AvgIpc) is 1.98. The third-order valence-electron chi connectivity index (χ3n) is 1.61. The lowest BCUT2D eigenvalue weighted by molar-refractivity contribution is -0.118. The van der Waals surface area contributed by atoms with E-state index in [9.17, 15) is 4.79 Å². The standard InChI is InChI=1S/C6H9NO2/c1-3-4(2)6(9)7-5(3)8/h5,8H,1-2H3,(H,7,9). The van der Waals surface area contributed by atoms with Crippen molar-refractivity contribution in [3.8, 4) is 0 Å². The van der Waals surface area contributed by atoms with Crippen LogP contribution in [0.4, 0.5) is 0 Å². The fraction of sp³-hybridized carbons (Fsp3) is 0.500. The minimum Gasteiger partial charge on any atom is -0.370 e. The second-order valence-electron chi connectivity index (χ2n) is 2.18. The highest BCUT2D eigenvalue weighted by atomic mass is 16.3. The molecule has 0 aliphatic carbocycles. The van der Waals surface area contributed by atoms with Crippen LogP contribution >= 0.6 is 0 Å². The van der Waals surface area contributed by atoms with Crippen LogP contribution < -0.4 is 5.32 Å². The molecule has 0 spiro atoms. The molecule has 0 saturated heterocycles. The highest BCUT2D eigenvalue weighted by Crippen LogP contribution is 2.13. The van der Waals surface area contributed by atoms with Gasteiger partial charge in [-0.3, -0.25) is 4.79 Å². The van der Waals surface area contributed by atoms with Crippen molar-refractivity contribution in [1.82, 2.24) is 5.32 Å². The molecule has 2 N–H and O–H groups in total. The molecule has 0 radical (unpaired) electrons. The first-order valence-corrected chi connectivity index (χ1v) is 2.79. The highest BCUT2D eigenvalue weighted by molar-refractivity contribution is 5.96. The van der Waals surface area contributed by atoms with E-state index < -0.39 is 6.23 Å². The number of amides is 1. The van der Waals surface area contributed by atoms with E-state index in [2.05, 4.69) is 5.32 Å². The normalized spacial score (nSPS) is 27.0. The van der Waals surface area contributed by atoms with E-state index in [0.29, 0.717) is 5.57 Å². The Morgan fingerprint density at radius 1 is 1.56 bits per heavy atom. The molecule has 1 heterocycles. The van der Waals surface area contributed by atoms with Crippen molar-refractivity contribution < 1.29 is 9.90 Å². The van der Waals surface area contributed by atoms with Gasteiger partial charge in [-0.2, -0.15) is 0 Å². The van der Waals surface area contributed by atoms with Crippen LogP contribution in [0, 0.1) is 0 Å². The van der Waals surface area contributed by atoms with Crippen molar-refractivity contribution in [1.29, 1.82) is 0 Å². The first kappa shape index (κ1) is 6.29. The lowest BCUT2D eigenvalue weighted by Gasteiger charge is -2.00. The summed E-state index contributed by atoms with van der Waals surface area (Å²) in [4.78, 5) is 10.7. The lowest BCUT2D eigenvalue weighted by atomic mass is 10.2. The molecule has 3 heteroatoms. The van der Waals surface area contributed by atoms with Crippen LogP contribution in [0.5, 0.6) is 0 Å². The van der Waals surface area contributed by atoms with Crippen LogP contribution in [0.1, 0.15) is 13.8 Å². The predicted octanol–water partition coefficient (Wildman–Crippen LogP) is -0.229.